The maximum absolute atomic E-state index is 12.8. The van der Waals surface area contributed by atoms with E-state index in [1.165, 1.54) is 17.8 Å². The Balaban J connectivity index is 1.64. The highest BCUT2D eigenvalue weighted by molar-refractivity contribution is 7.16. The molecule has 0 bridgehead atoms. The van der Waals surface area contributed by atoms with E-state index in [2.05, 4.69) is 17.6 Å². The second-order valence-electron chi connectivity index (χ2n) is 8.18. The molecule has 0 spiro atoms. The zero-order chi connectivity index (χ0) is 20.4. The number of thiophene rings is 1. The van der Waals surface area contributed by atoms with Crippen molar-refractivity contribution in [3.8, 4) is 0 Å². The SMILES string of the molecule is Cc1sc(NC(=O)C2CC2)c(C(=O)O[C@@H](C)C(=O)N[C@@H]2CCCC[C@@H]2C)c1C. The molecule has 0 aliphatic heterocycles. The maximum atomic E-state index is 12.8. The van der Waals surface area contributed by atoms with Gasteiger partial charge in [0.1, 0.15) is 5.00 Å². The second kappa shape index (κ2) is 8.64. The maximum Gasteiger partial charge on any atom is 0.342 e. The Labute approximate surface area is 170 Å². The van der Waals surface area contributed by atoms with Crippen LogP contribution in [0.5, 0.6) is 0 Å². The van der Waals surface area contributed by atoms with Gasteiger partial charge in [-0.15, -0.1) is 11.3 Å². The van der Waals surface area contributed by atoms with Crippen LogP contribution < -0.4 is 10.6 Å². The third-order valence-corrected chi connectivity index (χ3v) is 6.99. The summed E-state index contributed by atoms with van der Waals surface area (Å²) in [6.07, 6.45) is 5.29. The topological polar surface area (TPSA) is 84.5 Å². The van der Waals surface area contributed by atoms with Gasteiger partial charge < -0.3 is 15.4 Å². The minimum atomic E-state index is -0.881. The van der Waals surface area contributed by atoms with E-state index in [0.717, 1.165) is 42.5 Å². The normalized spacial score (nSPS) is 23.0. The highest BCUT2D eigenvalue weighted by Crippen LogP contribution is 2.36. The summed E-state index contributed by atoms with van der Waals surface area (Å²) in [5, 5.41) is 6.42. The molecule has 1 aromatic heterocycles. The largest absolute Gasteiger partial charge is 0.449 e. The molecule has 0 unspecified atom stereocenters. The molecule has 3 atom stereocenters. The molecular weight excluding hydrogens is 376 g/mol. The van der Waals surface area contributed by atoms with Gasteiger partial charge >= 0.3 is 5.97 Å². The summed E-state index contributed by atoms with van der Waals surface area (Å²) in [6, 6.07) is 0.140. The van der Waals surface area contributed by atoms with Crippen molar-refractivity contribution in [1.29, 1.82) is 0 Å². The molecule has 0 radical (unpaired) electrons. The number of anilines is 1. The summed E-state index contributed by atoms with van der Waals surface area (Å²) in [5.41, 5.74) is 1.15. The summed E-state index contributed by atoms with van der Waals surface area (Å²) < 4.78 is 5.47. The average molecular weight is 407 g/mol. The van der Waals surface area contributed by atoms with Gasteiger partial charge in [0, 0.05) is 16.8 Å². The van der Waals surface area contributed by atoms with Gasteiger partial charge in [0.25, 0.3) is 5.91 Å². The zero-order valence-corrected chi connectivity index (χ0v) is 17.9. The highest BCUT2D eigenvalue weighted by atomic mass is 32.1. The van der Waals surface area contributed by atoms with Crippen LogP contribution in [0.15, 0.2) is 0 Å². The van der Waals surface area contributed by atoms with Gasteiger partial charge in [0.2, 0.25) is 5.91 Å². The molecule has 2 aliphatic rings. The lowest BCUT2D eigenvalue weighted by Gasteiger charge is -2.30. The Hall–Kier alpha value is -1.89. The van der Waals surface area contributed by atoms with Crippen LogP contribution in [-0.2, 0) is 14.3 Å². The number of hydrogen-bond donors (Lipinski definition) is 2. The van der Waals surface area contributed by atoms with E-state index in [0.29, 0.717) is 16.5 Å². The lowest BCUT2D eigenvalue weighted by atomic mass is 9.86. The number of carbonyl (C=O) groups excluding carboxylic acids is 3. The molecule has 28 heavy (non-hydrogen) atoms. The Morgan fingerprint density at radius 2 is 1.79 bits per heavy atom. The summed E-state index contributed by atoms with van der Waals surface area (Å²) >= 11 is 1.37. The Morgan fingerprint density at radius 1 is 1.11 bits per heavy atom. The van der Waals surface area contributed by atoms with Crippen LogP contribution >= 0.6 is 11.3 Å². The van der Waals surface area contributed by atoms with Gasteiger partial charge in [-0.05, 0) is 57.9 Å². The smallest absolute Gasteiger partial charge is 0.342 e. The first-order valence-corrected chi connectivity index (χ1v) is 11.0. The number of hydrogen-bond acceptors (Lipinski definition) is 5. The predicted octanol–water partition coefficient (Wildman–Crippen LogP) is 3.95. The van der Waals surface area contributed by atoms with E-state index >= 15 is 0 Å². The number of ether oxygens (including phenoxy) is 1. The van der Waals surface area contributed by atoms with Crippen LogP contribution in [0.1, 0.15) is 73.2 Å². The van der Waals surface area contributed by atoms with Crippen LogP contribution in [-0.4, -0.2) is 29.9 Å². The Kier molecular flexibility index (Phi) is 6.43. The van der Waals surface area contributed by atoms with Gasteiger partial charge in [0.15, 0.2) is 6.10 Å². The molecule has 1 heterocycles. The minimum absolute atomic E-state index is 0.0487. The van der Waals surface area contributed by atoms with Gasteiger partial charge in [-0.1, -0.05) is 19.8 Å². The van der Waals surface area contributed by atoms with Crippen LogP contribution in [0.4, 0.5) is 5.00 Å². The molecule has 2 saturated carbocycles. The number of rotatable bonds is 6. The summed E-state index contributed by atoms with van der Waals surface area (Å²) in [6.45, 7) is 7.48. The van der Waals surface area contributed by atoms with Gasteiger partial charge in [-0.3, -0.25) is 9.59 Å². The molecule has 154 valence electrons. The predicted molar refractivity (Wildman–Crippen MR) is 110 cm³/mol. The standard InChI is InChI=1S/C21H30N2O4S/c1-11-7-5-6-8-16(11)22-18(24)13(3)27-21(26)17-12(2)14(4)28-20(17)23-19(25)15-9-10-15/h11,13,15-16H,5-10H2,1-4H3,(H,22,24)(H,23,25)/t11-,13-,16+/m0/s1. The summed E-state index contributed by atoms with van der Waals surface area (Å²) in [5.74, 6) is -0.389. The fraction of sp³-hybridized carbons (Fsp3) is 0.667. The van der Waals surface area contributed by atoms with E-state index < -0.39 is 12.1 Å². The van der Waals surface area contributed by atoms with Crippen LogP contribution in [0.3, 0.4) is 0 Å². The number of esters is 1. The number of amides is 2. The molecule has 3 rings (SSSR count). The lowest BCUT2D eigenvalue weighted by Crippen LogP contribution is -2.46. The van der Waals surface area contributed by atoms with E-state index in [-0.39, 0.29) is 23.8 Å². The summed E-state index contributed by atoms with van der Waals surface area (Å²) in [7, 11) is 0. The van der Waals surface area contributed by atoms with Crippen molar-refractivity contribution in [1.82, 2.24) is 5.32 Å². The van der Waals surface area contributed by atoms with Gasteiger partial charge in [-0.25, -0.2) is 4.79 Å². The van der Waals surface area contributed by atoms with Crippen molar-refractivity contribution >= 4 is 34.1 Å². The number of aryl methyl sites for hydroxylation is 1. The number of carbonyl (C=O) groups is 3. The average Bonchev–Trinajstić information content (AvgIpc) is 3.44. The van der Waals surface area contributed by atoms with Gasteiger partial charge in [-0.2, -0.15) is 0 Å². The minimum Gasteiger partial charge on any atom is -0.449 e. The van der Waals surface area contributed by atoms with Crippen LogP contribution in [0.2, 0.25) is 0 Å². The quantitative estimate of drug-likeness (QED) is 0.701. The monoisotopic (exact) mass is 406 g/mol. The van der Waals surface area contributed by atoms with Crippen LogP contribution in [0, 0.1) is 25.7 Å². The number of nitrogens with one attached hydrogen (secondary N) is 2. The van der Waals surface area contributed by atoms with E-state index in [9.17, 15) is 14.4 Å². The molecule has 2 fully saturated rings. The highest BCUT2D eigenvalue weighted by Gasteiger charge is 2.33. The fourth-order valence-corrected chi connectivity index (χ4v) is 4.68. The molecule has 6 nitrogen and oxygen atoms in total. The molecule has 2 amide bonds. The van der Waals surface area contributed by atoms with E-state index in [1.54, 1.807) is 6.92 Å². The molecule has 0 aromatic carbocycles. The first kappa shape index (κ1) is 20.8. The van der Waals surface area contributed by atoms with Crippen molar-refractivity contribution < 1.29 is 19.1 Å². The van der Waals surface area contributed by atoms with Gasteiger partial charge in [0.05, 0.1) is 5.56 Å². The molecule has 2 aliphatic carbocycles. The fourth-order valence-electron chi connectivity index (χ4n) is 3.62. The van der Waals surface area contributed by atoms with Crippen molar-refractivity contribution in [2.45, 2.75) is 78.4 Å². The first-order valence-electron chi connectivity index (χ1n) is 10.2. The molecule has 7 heteroatoms. The second-order valence-corrected chi connectivity index (χ2v) is 9.40. The first-order chi connectivity index (χ1) is 13.3. The third-order valence-electron chi connectivity index (χ3n) is 5.87. The van der Waals surface area contributed by atoms with Crippen molar-refractivity contribution in [2.24, 2.45) is 11.8 Å². The molecule has 2 N–H and O–H groups in total. The van der Waals surface area contributed by atoms with Crippen molar-refractivity contribution in [3.63, 3.8) is 0 Å². The molecular formula is C21H30N2O4S. The Bertz CT molecular complexity index is 769. The third kappa shape index (κ3) is 4.74. The summed E-state index contributed by atoms with van der Waals surface area (Å²) in [4.78, 5) is 38.4. The van der Waals surface area contributed by atoms with Crippen LogP contribution in [0.25, 0.3) is 0 Å². The zero-order valence-electron chi connectivity index (χ0n) is 17.1. The van der Waals surface area contributed by atoms with E-state index in [4.69, 9.17) is 4.74 Å². The van der Waals surface area contributed by atoms with E-state index in [1.807, 2.05) is 13.8 Å². The van der Waals surface area contributed by atoms with Crippen molar-refractivity contribution in [3.05, 3.63) is 16.0 Å². The molecule has 0 saturated heterocycles. The Morgan fingerprint density at radius 3 is 2.43 bits per heavy atom. The lowest BCUT2D eigenvalue weighted by molar-refractivity contribution is -0.130. The molecule has 1 aromatic rings. The van der Waals surface area contributed by atoms with Crippen molar-refractivity contribution in [2.75, 3.05) is 5.32 Å².